The molecule has 0 radical (unpaired) electrons. The average molecular weight is 379 g/mol. The molecular weight excluding hydrogens is 340 g/mol. The molecule has 0 unspecified atom stereocenters. The molecule has 0 fully saturated rings. The third-order valence-corrected chi connectivity index (χ3v) is 3.17. The van der Waals surface area contributed by atoms with Gasteiger partial charge in [0, 0.05) is 12.8 Å². The van der Waals surface area contributed by atoms with Crippen LogP contribution in [0.4, 0.5) is 0 Å². The number of rotatable bonds is 13. The van der Waals surface area contributed by atoms with E-state index in [1.165, 1.54) is 0 Å². The van der Waals surface area contributed by atoms with Crippen molar-refractivity contribution >= 4 is 11.9 Å². The first-order chi connectivity index (χ1) is 12.2. The fourth-order valence-electron chi connectivity index (χ4n) is 1.95. The monoisotopic (exact) mass is 378 g/mol. The van der Waals surface area contributed by atoms with Crippen LogP contribution in [0.3, 0.4) is 0 Å². The third kappa shape index (κ3) is 22.8. The largest absolute Gasteiger partial charge is 0.463 e. The van der Waals surface area contributed by atoms with E-state index in [1.54, 1.807) is 0 Å². The molecule has 0 aliphatic heterocycles. The maximum atomic E-state index is 11.3. The molecule has 0 heterocycles. The van der Waals surface area contributed by atoms with E-state index in [9.17, 15) is 9.59 Å². The number of unbranched alkanes of at least 4 members (excludes halogenated alkanes) is 5. The molecule has 0 aliphatic carbocycles. The van der Waals surface area contributed by atoms with Crippen molar-refractivity contribution < 1.29 is 34.4 Å². The van der Waals surface area contributed by atoms with Gasteiger partial charge in [0.15, 0.2) is 0 Å². The normalized spacial score (nSPS) is 10.7. The molecule has 0 saturated carbocycles. The fraction of sp³-hybridized carbons (Fsp3) is 0.895. The highest BCUT2D eigenvalue weighted by Gasteiger charge is 2.06. The maximum Gasteiger partial charge on any atom is 0.306 e. The summed E-state index contributed by atoms with van der Waals surface area (Å²) in [6.07, 6.45) is 6.11. The average Bonchev–Trinajstić information content (AvgIpc) is 2.55. The van der Waals surface area contributed by atoms with Crippen LogP contribution in [0.5, 0.6) is 0 Å². The van der Waals surface area contributed by atoms with Crippen LogP contribution in [-0.4, -0.2) is 58.8 Å². The van der Waals surface area contributed by atoms with Crippen molar-refractivity contribution in [1.29, 1.82) is 0 Å². The SMILES string of the molecule is CC(C)OC(=O)CCCCCCCCC(=O)OC(C)C.OCC(O)CO. The quantitative estimate of drug-likeness (QED) is 0.333. The number of ether oxygens (including phenoxy) is 2. The smallest absolute Gasteiger partial charge is 0.306 e. The van der Waals surface area contributed by atoms with Gasteiger partial charge in [0.2, 0.25) is 0 Å². The fourth-order valence-corrected chi connectivity index (χ4v) is 1.95. The van der Waals surface area contributed by atoms with E-state index in [0.717, 1.165) is 38.5 Å². The van der Waals surface area contributed by atoms with Gasteiger partial charge in [-0.2, -0.15) is 0 Å². The molecule has 0 rings (SSSR count). The Hall–Kier alpha value is -1.18. The molecule has 0 aromatic carbocycles. The Morgan fingerprint density at radius 2 is 1.00 bits per heavy atom. The molecule has 0 spiro atoms. The molecule has 0 amide bonds. The summed E-state index contributed by atoms with van der Waals surface area (Å²) < 4.78 is 10.1. The van der Waals surface area contributed by atoms with E-state index in [1.807, 2.05) is 27.7 Å². The van der Waals surface area contributed by atoms with Gasteiger partial charge in [0.05, 0.1) is 25.4 Å². The Labute approximate surface area is 157 Å². The minimum atomic E-state index is -0.954. The Bertz CT molecular complexity index is 311. The maximum absolute atomic E-state index is 11.3. The second-order valence-corrected chi connectivity index (χ2v) is 6.72. The summed E-state index contributed by atoms with van der Waals surface area (Å²) in [6.45, 7) is 6.72. The van der Waals surface area contributed by atoms with Gasteiger partial charge in [-0.3, -0.25) is 9.59 Å². The van der Waals surface area contributed by atoms with Crippen LogP contribution < -0.4 is 0 Å². The van der Waals surface area contributed by atoms with Crippen molar-refractivity contribution in [2.75, 3.05) is 13.2 Å². The lowest BCUT2D eigenvalue weighted by Gasteiger charge is -2.08. The lowest BCUT2D eigenvalue weighted by molar-refractivity contribution is -0.148. The topological polar surface area (TPSA) is 113 Å². The summed E-state index contributed by atoms with van der Waals surface area (Å²) in [7, 11) is 0. The molecule has 0 bridgehead atoms. The first-order valence-electron chi connectivity index (χ1n) is 9.51. The summed E-state index contributed by atoms with van der Waals surface area (Å²) in [5.41, 5.74) is 0. The van der Waals surface area contributed by atoms with Gasteiger partial charge in [-0.25, -0.2) is 0 Å². The van der Waals surface area contributed by atoms with Gasteiger partial charge >= 0.3 is 11.9 Å². The molecule has 0 saturated heterocycles. The first-order valence-corrected chi connectivity index (χ1v) is 9.51. The lowest BCUT2D eigenvalue weighted by Crippen LogP contribution is -2.15. The Morgan fingerprint density at radius 1 is 0.692 bits per heavy atom. The Balaban J connectivity index is 0. The van der Waals surface area contributed by atoms with Crippen LogP contribution in [0.1, 0.15) is 79.1 Å². The molecule has 7 nitrogen and oxygen atoms in total. The first kappa shape index (κ1) is 27.0. The Kier molecular flexibility index (Phi) is 19.4. The van der Waals surface area contributed by atoms with E-state index < -0.39 is 6.10 Å². The van der Waals surface area contributed by atoms with Crippen molar-refractivity contribution in [1.82, 2.24) is 0 Å². The highest BCUT2D eigenvalue weighted by molar-refractivity contribution is 5.69. The van der Waals surface area contributed by atoms with Crippen LogP contribution in [-0.2, 0) is 19.1 Å². The summed E-state index contributed by atoms with van der Waals surface area (Å²) in [6, 6.07) is 0. The van der Waals surface area contributed by atoms with Crippen LogP contribution >= 0.6 is 0 Å². The molecule has 3 N–H and O–H groups in total. The van der Waals surface area contributed by atoms with E-state index in [4.69, 9.17) is 24.8 Å². The number of carbonyl (C=O) groups excluding carboxylic acids is 2. The molecule has 0 atom stereocenters. The number of aliphatic hydroxyl groups is 3. The van der Waals surface area contributed by atoms with Crippen LogP contribution in [0.25, 0.3) is 0 Å². The molecule has 0 aromatic rings. The molecule has 156 valence electrons. The predicted octanol–water partition coefficient (Wildman–Crippen LogP) is 2.34. The zero-order valence-corrected chi connectivity index (χ0v) is 16.8. The summed E-state index contributed by atoms with van der Waals surface area (Å²) >= 11 is 0. The van der Waals surface area contributed by atoms with Crippen molar-refractivity contribution in [2.45, 2.75) is 97.4 Å². The molecule has 0 aliphatic rings. The minimum absolute atomic E-state index is 0.0203. The summed E-state index contributed by atoms with van der Waals surface area (Å²) in [5, 5.41) is 24.0. The van der Waals surface area contributed by atoms with Crippen LogP contribution in [0.15, 0.2) is 0 Å². The minimum Gasteiger partial charge on any atom is -0.463 e. The van der Waals surface area contributed by atoms with Crippen molar-refractivity contribution in [3.05, 3.63) is 0 Å². The number of carbonyl (C=O) groups is 2. The van der Waals surface area contributed by atoms with Gasteiger partial charge in [-0.05, 0) is 40.5 Å². The van der Waals surface area contributed by atoms with Gasteiger partial charge in [-0.15, -0.1) is 0 Å². The zero-order chi connectivity index (χ0) is 20.4. The second-order valence-electron chi connectivity index (χ2n) is 6.72. The van der Waals surface area contributed by atoms with Crippen molar-refractivity contribution in [2.24, 2.45) is 0 Å². The zero-order valence-electron chi connectivity index (χ0n) is 16.8. The lowest BCUT2D eigenvalue weighted by atomic mass is 10.1. The second kappa shape index (κ2) is 18.6. The Morgan fingerprint density at radius 3 is 1.23 bits per heavy atom. The number of hydrogen-bond acceptors (Lipinski definition) is 7. The standard InChI is InChI=1S/C16H30O4.C3H8O3/c1-13(2)19-15(17)11-9-7-5-6-8-10-12-16(18)20-14(3)4;4-1-3(6)2-5/h13-14H,5-12H2,1-4H3;3-6H,1-2H2. The highest BCUT2D eigenvalue weighted by atomic mass is 16.5. The van der Waals surface area contributed by atoms with E-state index in [-0.39, 0.29) is 37.4 Å². The molecule has 7 heteroatoms. The van der Waals surface area contributed by atoms with Crippen molar-refractivity contribution in [3.63, 3.8) is 0 Å². The summed E-state index contributed by atoms with van der Waals surface area (Å²) in [4.78, 5) is 22.6. The van der Waals surface area contributed by atoms with E-state index in [0.29, 0.717) is 12.8 Å². The van der Waals surface area contributed by atoms with E-state index >= 15 is 0 Å². The van der Waals surface area contributed by atoms with Crippen molar-refractivity contribution in [3.8, 4) is 0 Å². The predicted molar refractivity (Wildman–Crippen MR) is 99.6 cm³/mol. The van der Waals surface area contributed by atoms with Gasteiger partial charge in [0.1, 0.15) is 6.10 Å². The molecule has 0 aromatic heterocycles. The number of esters is 2. The van der Waals surface area contributed by atoms with Crippen LogP contribution in [0.2, 0.25) is 0 Å². The third-order valence-electron chi connectivity index (χ3n) is 3.17. The molecule has 26 heavy (non-hydrogen) atoms. The number of aliphatic hydroxyl groups excluding tert-OH is 3. The van der Waals surface area contributed by atoms with Gasteiger partial charge < -0.3 is 24.8 Å². The molecular formula is C19H38O7. The summed E-state index contributed by atoms with van der Waals surface area (Å²) in [5.74, 6) is -0.201. The van der Waals surface area contributed by atoms with Gasteiger partial charge in [-0.1, -0.05) is 25.7 Å². The van der Waals surface area contributed by atoms with E-state index in [2.05, 4.69) is 0 Å². The number of hydrogen-bond donors (Lipinski definition) is 3. The highest BCUT2D eigenvalue weighted by Crippen LogP contribution is 2.10. The van der Waals surface area contributed by atoms with Gasteiger partial charge in [0.25, 0.3) is 0 Å². The van der Waals surface area contributed by atoms with Crippen LogP contribution in [0, 0.1) is 0 Å².